The van der Waals surface area contributed by atoms with Gasteiger partial charge in [-0.05, 0) is 56.5 Å². The van der Waals surface area contributed by atoms with Crippen LogP contribution >= 0.6 is 0 Å². The average molecular weight is 277 g/mol. The fourth-order valence-corrected chi connectivity index (χ4v) is 2.42. The topological polar surface area (TPSA) is 28.2 Å². The van der Waals surface area contributed by atoms with E-state index in [0.717, 1.165) is 26.1 Å². The van der Waals surface area contributed by atoms with Crippen LogP contribution in [0.15, 0.2) is 24.5 Å². The Labute approximate surface area is 124 Å². The van der Waals surface area contributed by atoms with Crippen LogP contribution in [0, 0.1) is 5.41 Å². The van der Waals surface area contributed by atoms with Gasteiger partial charge in [-0.2, -0.15) is 0 Å². The van der Waals surface area contributed by atoms with Gasteiger partial charge in [0, 0.05) is 31.5 Å². The highest BCUT2D eigenvalue weighted by Gasteiger charge is 2.26. The van der Waals surface area contributed by atoms with E-state index in [2.05, 4.69) is 62.1 Å². The van der Waals surface area contributed by atoms with Crippen molar-refractivity contribution < 1.29 is 0 Å². The van der Waals surface area contributed by atoms with Crippen LogP contribution in [0.25, 0.3) is 0 Å². The monoisotopic (exact) mass is 277 g/mol. The second-order valence-electron chi connectivity index (χ2n) is 6.51. The number of nitrogens with one attached hydrogen (secondary N) is 1. The molecule has 3 nitrogen and oxygen atoms in total. The summed E-state index contributed by atoms with van der Waals surface area (Å²) in [5.41, 5.74) is 1.64. The summed E-state index contributed by atoms with van der Waals surface area (Å²) in [6, 6.07) is 4.74. The Morgan fingerprint density at radius 2 is 1.95 bits per heavy atom. The molecule has 0 radical (unpaired) electrons. The lowest BCUT2D eigenvalue weighted by atomic mass is 9.84. The Bertz CT molecular complexity index is 362. The highest BCUT2D eigenvalue weighted by atomic mass is 15.1. The average Bonchev–Trinajstić information content (AvgIpc) is 2.43. The highest BCUT2D eigenvalue weighted by Crippen LogP contribution is 2.21. The van der Waals surface area contributed by atoms with Crippen LogP contribution in [0.1, 0.15) is 39.7 Å². The Morgan fingerprint density at radius 3 is 2.55 bits per heavy atom. The lowest BCUT2D eigenvalue weighted by Crippen LogP contribution is -2.46. The normalized spacial score (nSPS) is 13.7. The van der Waals surface area contributed by atoms with E-state index in [4.69, 9.17) is 0 Å². The molecule has 20 heavy (non-hydrogen) atoms. The van der Waals surface area contributed by atoms with Gasteiger partial charge in [-0.15, -0.1) is 0 Å². The maximum absolute atomic E-state index is 4.06. The van der Waals surface area contributed by atoms with Crippen molar-refractivity contribution >= 4 is 0 Å². The molecule has 0 saturated heterocycles. The molecule has 0 aliphatic heterocycles. The van der Waals surface area contributed by atoms with Gasteiger partial charge in [-0.1, -0.05) is 20.8 Å². The third-order valence-corrected chi connectivity index (χ3v) is 4.08. The number of hydrogen-bond acceptors (Lipinski definition) is 3. The third-order valence-electron chi connectivity index (χ3n) is 4.08. The van der Waals surface area contributed by atoms with Crippen LogP contribution in [0.3, 0.4) is 0 Å². The van der Waals surface area contributed by atoms with Crippen LogP contribution in [0.4, 0.5) is 0 Å². The molecule has 0 aromatic carbocycles. The predicted molar refractivity (Wildman–Crippen MR) is 87.0 cm³/mol. The number of aromatic nitrogens is 1. The zero-order valence-electron chi connectivity index (χ0n) is 13.8. The van der Waals surface area contributed by atoms with E-state index in [9.17, 15) is 0 Å². The first-order valence-corrected chi connectivity index (χ1v) is 7.76. The summed E-state index contributed by atoms with van der Waals surface area (Å²) in [7, 11) is 2.22. The summed E-state index contributed by atoms with van der Waals surface area (Å²) in [5, 5.41) is 3.62. The van der Waals surface area contributed by atoms with E-state index in [1.165, 1.54) is 12.0 Å². The number of pyridine rings is 1. The summed E-state index contributed by atoms with van der Waals surface area (Å²) >= 11 is 0. The maximum Gasteiger partial charge on any atom is 0.0270 e. The van der Waals surface area contributed by atoms with Crippen molar-refractivity contribution in [3.8, 4) is 0 Å². The molecule has 0 aliphatic rings. The van der Waals surface area contributed by atoms with Gasteiger partial charge < -0.3 is 10.2 Å². The summed E-state index contributed by atoms with van der Waals surface area (Å²) in [6.45, 7) is 12.5. The fourth-order valence-electron chi connectivity index (χ4n) is 2.42. The van der Waals surface area contributed by atoms with E-state index in [1.807, 2.05) is 12.4 Å². The van der Waals surface area contributed by atoms with Crippen molar-refractivity contribution in [3.63, 3.8) is 0 Å². The number of rotatable bonds is 9. The molecule has 1 unspecified atom stereocenters. The Balaban J connectivity index is 2.38. The van der Waals surface area contributed by atoms with Crippen molar-refractivity contribution in [3.05, 3.63) is 30.1 Å². The van der Waals surface area contributed by atoms with E-state index >= 15 is 0 Å². The lowest BCUT2D eigenvalue weighted by molar-refractivity contribution is 0.165. The fraction of sp³-hybridized carbons (Fsp3) is 0.706. The van der Waals surface area contributed by atoms with E-state index in [-0.39, 0.29) is 5.41 Å². The first-order valence-electron chi connectivity index (χ1n) is 7.76. The highest BCUT2D eigenvalue weighted by molar-refractivity contribution is 5.09. The Morgan fingerprint density at radius 1 is 1.30 bits per heavy atom. The minimum atomic E-state index is 0.280. The minimum Gasteiger partial charge on any atom is -0.314 e. The van der Waals surface area contributed by atoms with Crippen molar-refractivity contribution in [2.75, 3.05) is 26.7 Å². The van der Waals surface area contributed by atoms with Crippen molar-refractivity contribution in [1.29, 1.82) is 0 Å². The number of nitrogens with zero attached hydrogens (tertiary/aromatic N) is 2. The van der Waals surface area contributed by atoms with Gasteiger partial charge >= 0.3 is 0 Å². The molecule has 1 rings (SSSR count). The maximum atomic E-state index is 4.06. The van der Waals surface area contributed by atoms with Crippen molar-refractivity contribution in [2.24, 2.45) is 5.41 Å². The van der Waals surface area contributed by atoms with Gasteiger partial charge in [-0.3, -0.25) is 4.98 Å². The molecule has 0 aliphatic carbocycles. The number of hydrogen-bond donors (Lipinski definition) is 1. The molecule has 1 aromatic rings. The van der Waals surface area contributed by atoms with E-state index < -0.39 is 0 Å². The molecule has 114 valence electrons. The van der Waals surface area contributed by atoms with Crippen LogP contribution in [0.2, 0.25) is 0 Å². The minimum absolute atomic E-state index is 0.280. The summed E-state index contributed by atoms with van der Waals surface area (Å²) in [6.07, 6.45) is 6.02. The van der Waals surface area contributed by atoms with Crippen LogP contribution in [-0.4, -0.2) is 42.6 Å². The molecule has 0 amide bonds. The van der Waals surface area contributed by atoms with Crippen LogP contribution in [0.5, 0.6) is 0 Å². The SMILES string of the molecule is CCCNC(C)C(C)(C)CN(C)CCc1ccncc1. The molecule has 0 saturated carbocycles. The molecule has 0 spiro atoms. The first-order chi connectivity index (χ1) is 9.45. The summed E-state index contributed by atoms with van der Waals surface area (Å²) in [4.78, 5) is 6.50. The van der Waals surface area contributed by atoms with Gasteiger partial charge in [0.1, 0.15) is 0 Å². The summed E-state index contributed by atoms with van der Waals surface area (Å²) in [5.74, 6) is 0. The molecular weight excluding hydrogens is 246 g/mol. The quantitative estimate of drug-likeness (QED) is 0.752. The Kier molecular flexibility index (Phi) is 7.17. The second kappa shape index (κ2) is 8.38. The molecule has 1 aromatic heterocycles. The third kappa shape index (κ3) is 6.02. The zero-order chi connectivity index (χ0) is 15.0. The zero-order valence-corrected chi connectivity index (χ0v) is 13.8. The van der Waals surface area contributed by atoms with Crippen molar-refractivity contribution in [1.82, 2.24) is 15.2 Å². The molecule has 0 fully saturated rings. The van der Waals surface area contributed by atoms with E-state index in [0.29, 0.717) is 6.04 Å². The number of likely N-dealkylation sites (N-methyl/N-ethyl adjacent to an activating group) is 1. The molecule has 0 bridgehead atoms. The Hall–Kier alpha value is -0.930. The molecule has 1 heterocycles. The van der Waals surface area contributed by atoms with Gasteiger partial charge in [0.05, 0.1) is 0 Å². The van der Waals surface area contributed by atoms with Gasteiger partial charge in [-0.25, -0.2) is 0 Å². The largest absolute Gasteiger partial charge is 0.314 e. The molecule has 1 atom stereocenters. The second-order valence-corrected chi connectivity index (χ2v) is 6.51. The van der Waals surface area contributed by atoms with Gasteiger partial charge in [0.25, 0.3) is 0 Å². The smallest absolute Gasteiger partial charge is 0.0270 e. The van der Waals surface area contributed by atoms with Gasteiger partial charge in [0.2, 0.25) is 0 Å². The summed E-state index contributed by atoms with van der Waals surface area (Å²) < 4.78 is 0. The molecule has 1 N–H and O–H groups in total. The standard InChI is InChI=1S/C17H31N3/c1-6-10-19-15(2)17(3,4)14-20(5)13-9-16-7-11-18-12-8-16/h7-8,11-12,15,19H,6,9-10,13-14H2,1-5H3. The lowest BCUT2D eigenvalue weighted by Gasteiger charge is -2.36. The van der Waals surface area contributed by atoms with Crippen LogP contribution in [-0.2, 0) is 6.42 Å². The molecular formula is C17H31N3. The van der Waals surface area contributed by atoms with Crippen LogP contribution < -0.4 is 5.32 Å². The predicted octanol–water partition coefficient (Wildman–Crippen LogP) is 2.97. The van der Waals surface area contributed by atoms with E-state index in [1.54, 1.807) is 0 Å². The van der Waals surface area contributed by atoms with Gasteiger partial charge in [0.15, 0.2) is 0 Å². The molecule has 3 heteroatoms. The first kappa shape index (κ1) is 17.1. The van der Waals surface area contributed by atoms with Crippen molar-refractivity contribution in [2.45, 2.75) is 46.6 Å².